The van der Waals surface area contributed by atoms with E-state index in [-0.39, 0.29) is 30.0 Å². The molecule has 10 heteroatoms. The van der Waals surface area contributed by atoms with Crippen molar-refractivity contribution in [3.63, 3.8) is 0 Å². The lowest BCUT2D eigenvalue weighted by Crippen LogP contribution is -2.70. The lowest BCUT2D eigenvalue weighted by atomic mass is 10.0. The van der Waals surface area contributed by atoms with Crippen LogP contribution in [-0.4, -0.2) is 102 Å². The average molecular weight is 441 g/mol. The molecular weight excluding hydrogens is 414 g/mol. The number of ether oxygens (including phenoxy) is 2. The number of fused-ring (bicyclic) bond motifs is 1. The van der Waals surface area contributed by atoms with Gasteiger partial charge in [-0.25, -0.2) is 0 Å². The van der Waals surface area contributed by atoms with Crippen molar-refractivity contribution in [1.82, 2.24) is 24.9 Å². The normalized spacial score (nSPS) is 21.0. The second kappa shape index (κ2) is 8.99. The summed E-state index contributed by atoms with van der Waals surface area (Å²) in [6, 6.07) is 7.64. The molecule has 2 fully saturated rings. The van der Waals surface area contributed by atoms with Crippen LogP contribution in [0, 0.1) is 0 Å². The molecule has 4 rings (SSSR count). The van der Waals surface area contributed by atoms with Gasteiger partial charge in [-0.05, 0) is 37.3 Å². The van der Waals surface area contributed by atoms with Crippen LogP contribution in [0.4, 0.5) is 0 Å². The third-order valence-electron chi connectivity index (χ3n) is 6.08. The summed E-state index contributed by atoms with van der Waals surface area (Å²) in [5, 5.41) is 7.02. The number of piperazine rings is 2. The summed E-state index contributed by atoms with van der Waals surface area (Å²) in [6.45, 7) is 3.65. The van der Waals surface area contributed by atoms with Crippen molar-refractivity contribution in [2.45, 2.75) is 19.0 Å². The van der Waals surface area contributed by atoms with E-state index in [2.05, 4.69) is 10.2 Å². The van der Waals surface area contributed by atoms with Crippen LogP contribution >= 0.6 is 0 Å². The highest BCUT2D eigenvalue weighted by Gasteiger charge is 2.46. The summed E-state index contributed by atoms with van der Waals surface area (Å²) in [7, 11) is 3.17. The van der Waals surface area contributed by atoms with E-state index in [1.807, 2.05) is 24.3 Å². The highest BCUT2D eigenvalue weighted by Crippen LogP contribution is 2.25. The standard InChI is InChI=1S/C22H27N5O5/c1-14-20(28)26-9-8-25(10-11-31-2)22(30)19(26)13-27(14)21(29)18-12-17(23-24-18)15-4-6-16(32-3)7-5-15/h4-7,12,14,19H,8-11,13H2,1-3H3,(H,23,24). The first-order chi connectivity index (χ1) is 15.4. The molecular formula is C22H27N5O5. The Hall–Kier alpha value is -3.40. The molecule has 2 aromatic rings. The molecule has 0 aliphatic carbocycles. The summed E-state index contributed by atoms with van der Waals surface area (Å²) < 4.78 is 10.2. The molecule has 32 heavy (non-hydrogen) atoms. The van der Waals surface area contributed by atoms with E-state index < -0.39 is 12.1 Å². The lowest BCUT2D eigenvalue weighted by molar-refractivity contribution is -0.160. The van der Waals surface area contributed by atoms with E-state index in [1.54, 1.807) is 37.0 Å². The number of benzene rings is 1. The van der Waals surface area contributed by atoms with Crippen molar-refractivity contribution >= 4 is 17.7 Å². The molecule has 2 saturated heterocycles. The fourth-order valence-corrected chi connectivity index (χ4v) is 4.17. The van der Waals surface area contributed by atoms with Crippen LogP contribution in [0.2, 0.25) is 0 Å². The average Bonchev–Trinajstić information content (AvgIpc) is 3.31. The quantitative estimate of drug-likeness (QED) is 0.704. The Bertz CT molecular complexity index is 1000. The number of rotatable bonds is 6. The molecule has 0 saturated carbocycles. The van der Waals surface area contributed by atoms with Crippen LogP contribution in [0.1, 0.15) is 17.4 Å². The van der Waals surface area contributed by atoms with E-state index in [0.717, 1.165) is 11.3 Å². The zero-order chi connectivity index (χ0) is 22.8. The van der Waals surface area contributed by atoms with Gasteiger partial charge in [0.15, 0.2) is 0 Å². The number of methoxy groups -OCH3 is 2. The maximum absolute atomic E-state index is 13.3. The van der Waals surface area contributed by atoms with Gasteiger partial charge in [-0.1, -0.05) is 0 Å². The van der Waals surface area contributed by atoms with Gasteiger partial charge in [-0.3, -0.25) is 19.5 Å². The zero-order valence-electron chi connectivity index (χ0n) is 18.4. The minimum absolute atomic E-state index is 0.144. The van der Waals surface area contributed by atoms with Crippen molar-refractivity contribution in [2.24, 2.45) is 0 Å². The van der Waals surface area contributed by atoms with Crippen LogP contribution in [-0.2, 0) is 14.3 Å². The molecule has 170 valence electrons. The van der Waals surface area contributed by atoms with Gasteiger partial charge in [0.25, 0.3) is 5.91 Å². The summed E-state index contributed by atoms with van der Waals surface area (Å²) in [5.74, 6) is -0.0128. The topological polar surface area (TPSA) is 108 Å². The fraction of sp³-hybridized carbons (Fsp3) is 0.455. The monoisotopic (exact) mass is 441 g/mol. The molecule has 3 amide bonds. The van der Waals surface area contributed by atoms with Crippen molar-refractivity contribution in [2.75, 3.05) is 47.0 Å². The first-order valence-electron chi connectivity index (χ1n) is 10.5. The summed E-state index contributed by atoms with van der Waals surface area (Å²) in [5.41, 5.74) is 1.70. The number of hydrogen-bond donors (Lipinski definition) is 1. The molecule has 2 atom stereocenters. The molecule has 0 spiro atoms. The maximum atomic E-state index is 13.3. The Labute approximate surface area is 186 Å². The first-order valence-corrected chi connectivity index (χ1v) is 10.5. The summed E-state index contributed by atoms with van der Waals surface area (Å²) in [4.78, 5) is 43.9. The van der Waals surface area contributed by atoms with Crippen molar-refractivity contribution in [3.8, 4) is 17.0 Å². The predicted octanol–water partition coefficient (Wildman–Crippen LogP) is 0.615. The third kappa shape index (κ3) is 3.93. The zero-order valence-corrected chi connectivity index (χ0v) is 18.4. The van der Waals surface area contributed by atoms with E-state index in [1.165, 1.54) is 4.90 Å². The number of aromatic nitrogens is 2. The van der Waals surface area contributed by atoms with Crippen LogP contribution in [0.5, 0.6) is 5.75 Å². The Morgan fingerprint density at radius 2 is 1.91 bits per heavy atom. The number of carbonyl (C=O) groups is 3. The smallest absolute Gasteiger partial charge is 0.272 e. The number of aromatic amines is 1. The Balaban J connectivity index is 1.52. The number of hydrogen-bond acceptors (Lipinski definition) is 6. The Morgan fingerprint density at radius 3 is 2.59 bits per heavy atom. The van der Waals surface area contributed by atoms with Gasteiger partial charge < -0.3 is 24.2 Å². The van der Waals surface area contributed by atoms with Crippen LogP contribution in [0.15, 0.2) is 30.3 Å². The summed E-state index contributed by atoms with van der Waals surface area (Å²) in [6.07, 6.45) is 0. The predicted molar refractivity (Wildman–Crippen MR) is 115 cm³/mol. The lowest BCUT2D eigenvalue weighted by Gasteiger charge is -2.48. The van der Waals surface area contributed by atoms with Gasteiger partial charge in [-0.15, -0.1) is 0 Å². The first kappa shape index (κ1) is 21.8. The third-order valence-corrected chi connectivity index (χ3v) is 6.08. The number of H-pyrrole nitrogens is 1. The SMILES string of the molecule is COCCN1CCN2C(=O)C(C)N(C(=O)c3cc(-c4ccc(OC)cc4)n[nH]3)CC2C1=O. The van der Waals surface area contributed by atoms with Crippen molar-refractivity contribution in [3.05, 3.63) is 36.0 Å². The highest BCUT2D eigenvalue weighted by atomic mass is 16.5. The minimum atomic E-state index is -0.683. The second-order valence-corrected chi connectivity index (χ2v) is 7.89. The van der Waals surface area contributed by atoms with Crippen molar-refractivity contribution in [1.29, 1.82) is 0 Å². The minimum Gasteiger partial charge on any atom is -0.497 e. The van der Waals surface area contributed by atoms with Crippen LogP contribution < -0.4 is 4.74 Å². The van der Waals surface area contributed by atoms with E-state index in [0.29, 0.717) is 31.9 Å². The molecule has 1 aromatic carbocycles. The molecule has 3 heterocycles. The molecule has 2 aliphatic rings. The number of nitrogens with zero attached hydrogens (tertiary/aromatic N) is 4. The molecule has 2 unspecified atom stereocenters. The van der Waals surface area contributed by atoms with Gasteiger partial charge in [0.1, 0.15) is 23.5 Å². The molecule has 1 aromatic heterocycles. The molecule has 10 nitrogen and oxygen atoms in total. The van der Waals surface area contributed by atoms with Gasteiger partial charge in [0.2, 0.25) is 11.8 Å². The van der Waals surface area contributed by atoms with E-state index in [4.69, 9.17) is 9.47 Å². The number of nitrogens with one attached hydrogen (secondary N) is 1. The van der Waals surface area contributed by atoms with Crippen LogP contribution in [0.3, 0.4) is 0 Å². The number of carbonyl (C=O) groups excluding carboxylic acids is 3. The maximum Gasteiger partial charge on any atom is 0.272 e. The summed E-state index contributed by atoms with van der Waals surface area (Å²) >= 11 is 0. The molecule has 0 bridgehead atoms. The van der Waals surface area contributed by atoms with Gasteiger partial charge in [0.05, 0.1) is 26.0 Å². The molecule has 2 aliphatic heterocycles. The van der Waals surface area contributed by atoms with Crippen LogP contribution in [0.25, 0.3) is 11.3 Å². The largest absolute Gasteiger partial charge is 0.497 e. The van der Waals surface area contributed by atoms with Crippen molar-refractivity contribution < 1.29 is 23.9 Å². The van der Waals surface area contributed by atoms with E-state index in [9.17, 15) is 14.4 Å². The fourth-order valence-electron chi connectivity index (χ4n) is 4.17. The highest BCUT2D eigenvalue weighted by molar-refractivity contribution is 6.00. The Morgan fingerprint density at radius 1 is 1.16 bits per heavy atom. The molecule has 1 N–H and O–H groups in total. The Kier molecular flexibility index (Phi) is 6.13. The van der Waals surface area contributed by atoms with Gasteiger partial charge in [-0.2, -0.15) is 5.10 Å². The molecule has 0 radical (unpaired) electrons. The van der Waals surface area contributed by atoms with Gasteiger partial charge >= 0.3 is 0 Å². The van der Waals surface area contributed by atoms with E-state index >= 15 is 0 Å². The van der Waals surface area contributed by atoms with Gasteiger partial charge in [0, 0.05) is 32.3 Å². The second-order valence-electron chi connectivity index (χ2n) is 7.89. The number of amides is 3.